The van der Waals surface area contributed by atoms with Gasteiger partial charge in [-0.2, -0.15) is 11.8 Å². The number of furan rings is 1. The van der Waals surface area contributed by atoms with Gasteiger partial charge in [0.25, 0.3) is 10.0 Å². The highest BCUT2D eigenvalue weighted by atomic mass is 35.5. The van der Waals surface area contributed by atoms with Crippen molar-refractivity contribution in [3.8, 4) is 11.5 Å². The van der Waals surface area contributed by atoms with Crippen LogP contribution in [0.4, 0.5) is 10.1 Å². The second kappa shape index (κ2) is 12.9. The molecule has 1 N–H and O–H groups in total. The normalized spacial score (nSPS) is 11.2. The van der Waals surface area contributed by atoms with Crippen molar-refractivity contribution in [2.75, 3.05) is 37.4 Å². The number of carbonyl (C=O) groups is 1. The van der Waals surface area contributed by atoms with Gasteiger partial charge in [-0.3, -0.25) is 9.10 Å². The van der Waals surface area contributed by atoms with E-state index in [1.807, 2.05) is 12.1 Å². The lowest BCUT2D eigenvalue weighted by Gasteiger charge is -2.24. The van der Waals surface area contributed by atoms with Crippen LogP contribution in [0.5, 0.6) is 11.5 Å². The van der Waals surface area contributed by atoms with E-state index >= 15 is 0 Å². The van der Waals surface area contributed by atoms with Crippen LogP contribution in [0.25, 0.3) is 0 Å². The number of anilines is 1. The number of thioether (sulfide) groups is 1. The number of hydrogen-bond acceptors (Lipinski definition) is 7. The molecule has 12 heteroatoms. The fourth-order valence-electron chi connectivity index (χ4n) is 3.22. The SMILES string of the molecule is COc1ccc(S(=O)(=O)N(CC(=O)NCCCSCc2ccco2)c2ccc(F)c(Cl)c2)cc1OC. The molecular weight excluding hydrogens is 531 g/mol. The van der Waals surface area contributed by atoms with Gasteiger partial charge < -0.3 is 19.2 Å². The predicted octanol–water partition coefficient (Wildman–Crippen LogP) is 4.72. The van der Waals surface area contributed by atoms with E-state index in [1.54, 1.807) is 18.0 Å². The zero-order valence-electron chi connectivity index (χ0n) is 19.7. The minimum atomic E-state index is -4.26. The van der Waals surface area contributed by atoms with Crippen molar-refractivity contribution >= 4 is 45.0 Å². The molecule has 3 rings (SSSR count). The first-order chi connectivity index (χ1) is 17.3. The third kappa shape index (κ3) is 7.08. The number of ether oxygens (including phenoxy) is 2. The molecule has 36 heavy (non-hydrogen) atoms. The Bertz CT molecular complexity index is 1270. The topological polar surface area (TPSA) is 98.1 Å². The number of rotatable bonds is 13. The molecule has 0 spiro atoms. The third-order valence-corrected chi connectivity index (χ3v) is 8.16. The van der Waals surface area contributed by atoms with E-state index in [2.05, 4.69) is 5.32 Å². The molecular formula is C24H26ClFN2O6S2. The number of methoxy groups -OCH3 is 2. The Morgan fingerprint density at radius 3 is 2.58 bits per heavy atom. The number of carbonyl (C=O) groups excluding carboxylic acids is 1. The maximum Gasteiger partial charge on any atom is 0.264 e. The van der Waals surface area contributed by atoms with Crippen LogP contribution in [0.1, 0.15) is 12.2 Å². The molecule has 1 aromatic heterocycles. The second-order valence-corrected chi connectivity index (χ2v) is 10.8. The van der Waals surface area contributed by atoms with Crippen molar-refractivity contribution in [3.05, 3.63) is 71.4 Å². The summed E-state index contributed by atoms with van der Waals surface area (Å²) in [4.78, 5) is 12.6. The zero-order valence-corrected chi connectivity index (χ0v) is 22.1. The van der Waals surface area contributed by atoms with Crippen molar-refractivity contribution in [1.29, 1.82) is 0 Å². The molecule has 0 aliphatic carbocycles. The van der Waals surface area contributed by atoms with Crippen molar-refractivity contribution < 1.29 is 31.5 Å². The Morgan fingerprint density at radius 1 is 1.14 bits per heavy atom. The van der Waals surface area contributed by atoms with E-state index < -0.39 is 28.3 Å². The lowest BCUT2D eigenvalue weighted by Crippen LogP contribution is -2.41. The molecule has 2 aromatic carbocycles. The van der Waals surface area contributed by atoms with Crippen LogP contribution in [0.15, 0.2) is 64.1 Å². The lowest BCUT2D eigenvalue weighted by molar-refractivity contribution is -0.119. The quantitative estimate of drug-likeness (QED) is 0.304. The molecule has 0 atom stereocenters. The van der Waals surface area contributed by atoms with Gasteiger partial charge in [-0.15, -0.1) is 0 Å². The molecule has 0 unspecified atom stereocenters. The zero-order chi connectivity index (χ0) is 26.1. The van der Waals surface area contributed by atoms with Crippen LogP contribution in [0, 0.1) is 5.82 Å². The number of hydrogen-bond donors (Lipinski definition) is 1. The average Bonchev–Trinajstić information content (AvgIpc) is 3.39. The van der Waals surface area contributed by atoms with Gasteiger partial charge in [0.1, 0.15) is 18.1 Å². The lowest BCUT2D eigenvalue weighted by atomic mass is 10.3. The summed E-state index contributed by atoms with van der Waals surface area (Å²) in [5.74, 6) is 1.70. The van der Waals surface area contributed by atoms with Crippen LogP contribution in [0.3, 0.4) is 0 Å². The molecule has 1 heterocycles. The molecule has 8 nitrogen and oxygen atoms in total. The smallest absolute Gasteiger partial charge is 0.264 e. The first-order valence-electron chi connectivity index (χ1n) is 10.8. The molecule has 3 aromatic rings. The van der Waals surface area contributed by atoms with Crippen LogP contribution in [-0.4, -0.2) is 47.4 Å². The first kappa shape index (κ1) is 27.7. The van der Waals surface area contributed by atoms with Crippen molar-refractivity contribution in [1.82, 2.24) is 5.32 Å². The van der Waals surface area contributed by atoms with Crippen LogP contribution in [-0.2, 0) is 20.6 Å². The maximum atomic E-state index is 13.8. The Hall–Kier alpha value is -2.89. The van der Waals surface area contributed by atoms with Gasteiger partial charge in [0, 0.05) is 12.6 Å². The Balaban J connectivity index is 1.73. The Kier molecular flexibility index (Phi) is 9.91. The van der Waals surface area contributed by atoms with Gasteiger partial charge in [-0.25, -0.2) is 12.8 Å². The molecule has 0 saturated heterocycles. The van der Waals surface area contributed by atoms with Crippen molar-refractivity contribution in [3.63, 3.8) is 0 Å². The molecule has 194 valence electrons. The van der Waals surface area contributed by atoms with Crippen LogP contribution in [0.2, 0.25) is 5.02 Å². The van der Waals surface area contributed by atoms with E-state index in [4.69, 9.17) is 25.5 Å². The molecule has 0 aliphatic heterocycles. The van der Waals surface area contributed by atoms with Gasteiger partial charge >= 0.3 is 0 Å². The molecule has 0 aliphatic rings. The van der Waals surface area contributed by atoms with Gasteiger partial charge in [-0.05, 0) is 54.6 Å². The van der Waals surface area contributed by atoms with Crippen molar-refractivity contribution in [2.24, 2.45) is 0 Å². The standard InChI is InChI=1S/C24H26ClFN2O6S2/c1-32-22-9-7-19(14-23(22)33-2)36(30,31)28(17-6-8-21(26)20(25)13-17)15-24(29)27-10-4-12-35-16-18-5-3-11-34-18/h3,5-9,11,13-14H,4,10,12,15-16H2,1-2H3,(H,27,29). The summed E-state index contributed by atoms with van der Waals surface area (Å²) in [6.07, 6.45) is 2.30. The number of benzene rings is 2. The molecule has 0 fully saturated rings. The predicted molar refractivity (Wildman–Crippen MR) is 138 cm³/mol. The second-order valence-electron chi connectivity index (χ2n) is 7.46. The first-order valence-corrected chi connectivity index (χ1v) is 13.8. The summed E-state index contributed by atoms with van der Waals surface area (Å²) in [7, 11) is -1.45. The molecule has 0 bridgehead atoms. The number of sulfonamides is 1. The molecule has 1 amide bonds. The van der Waals surface area contributed by atoms with E-state index in [0.717, 1.165) is 33.7 Å². The summed E-state index contributed by atoms with van der Waals surface area (Å²) < 4.78 is 57.4. The van der Waals surface area contributed by atoms with Crippen LogP contribution >= 0.6 is 23.4 Å². The highest BCUT2D eigenvalue weighted by Crippen LogP contribution is 2.33. The van der Waals surface area contributed by atoms with Gasteiger partial charge in [0.15, 0.2) is 11.5 Å². The number of amides is 1. The molecule has 0 saturated carbocycles. The highest BCUT2D eigenvalue weighted by molar-refractivity contribution is 7.98. The Labute approximate surface area is 218 Å². The monoisotopic (exact) mass is 556 g/mol. The van der Waals surface area contributed by atoms with Gasteiger partial charge in [0.05, 0.1) is 41.8 Å². The van der Waals surface area contributed by atoms with E-state index in [-0.39, 0.29) is 21.4 Å². The Morgan fingerprint density at radius 2 is 1.92 bits per heavy atom. The summed E-state index contributed by atoms with van der Waals surface area (Å²) in [6, 6.07) is 11.2. The highest BCUT2D eigenvalue weighted by Gasteiger charge is 2.29. The fourth-order valence-corrected chi connectivity index (χ4v) is 5.68. The van der Waals surface area contributed by atoms with Crippen molar-refractivity contribution in [2.45, 2.75) is 17.1 Å². The van der Waals surface area contributed by atoms with Gasteiger partial charge in [0.2, 0.25) is 5.91 Å². The van der Waals surface area contributed by atoms with E-state index in [1.165, 1.54) is 38.5 Å². The average molecular weight is 557 g/mol. The van der Waals surface area contributed by atoms with Crippen LogP contribution < -0.4 is 19.1 Å². The minimum absolute atomic E-state index is 0.0420. The maximum absolute atomic E-state index is 13.8. The third-order valence-electron chi connectivity index (χ3n) is 5.03. The fraction of sp³-hybridized carbons (Fsp3) is 0.292. The summed E-state index contributed by atoms with van der Waals surface area (Å²) >= 11 is 7.56. The number of nitrogens with zero attached hydrogens (tertiary/aromatic N) is 1. The summed E-state index contributed by atoms with van der Waals surface area (Å²) in [5, 5.41) is 2.46. The number of nitrogens with one attached hydrogen (secondary N) is 1. The summed E-state index contributed by atoms with van der Waals surface area (Å²) in [6.45, 7) is -0.170. The largest absolute Gasteiger partial charge is 0.493 e. The van der Waals surface area contributed by atoms with Gasteiger partial charge in [-0.1, -0.05) is 11.6 Å². The number of halogens is 2. The minimum Gasteiger partial charge on any atom is -0.493 e. The van der Waals surface area contributed by atoms with E-state index in [9.17, 15) is 17.6 Å². The van der Waals surface area contributed by atoms with E-state index in [0.29, 0.717) is 18.7 Å². The molecule has 0 radical (unpaired) electrons. The summed E-state index contributed by atoms with van der Waals surface area (Å²) in [5.41, 5.74) is 0.0420.